The van der Waals surface area contributed by atoms with Crippen molar-refractivity contribution in [3.8, 4) is 0 Å². The van der Waals surface area contributed by atoms with Gasteiger partial charge in [-0.1, -0.05) is 41.4 Å². The molecule has 0 bridgehead atoms. The van der Waals surface area contributed by atoms with Gasteiger partial charge < -0.3 is 10.0 Å². The van der Waals surface area contributed by atoms with Crippen LogP contribution in [0.1, 0.15) is 38.2 Å². The summed E-state index contributed by atoms with van der Waals surface area (Å²) < 4.78 is 1.03. The monoisotopic (exact) mass is 337 g/mol. The number of nitrogens with zero attached hydrogens (tertiary/aromatic N) is 1. The molecule has 0 spiro atoms. The zero-order valence-corrected chi connectivity index (χ0v) is 13.3. The second kappa shape index (κ2) is 4.85. The van der Waals surface area contributed by atoms with Crippen LogP contribution in [0.4, 0.5) is 0 Å². The summed E-state index contributed by atoms with van der Waals surface area (Å²) >= 11 is 3.43. The zero-order chi connectivity index (χ0) is 14.4. The Morgan fingerprint density at radius 2 is 1.90 bits per heavy atom. The number of carbonyl (C=O) groups excluding carboxylic acids is 1. The Balaban J connectivity index is 1.71. The number of aliphatic hydroxyl groups is 1. The second-order valence-corrected chi connectivity index (χ2v) is 7.14. The van der Waals surface area contributed by atoms with E-state index in [1.54, 1.807) is 0 Å². The molecule has 2 aliphatic rings. The minimum absolute atomic E-state index is 0.195. The van der Waals surface area contributed by atoms with E-state index in [-0.39, 0.29) is 11.3 Å². The molecule has 108 valence electrons. The molecule has 1 saturated heterocycles. The highest BCUT2D eigenvalue weighted by Crippen LogP contribution is 2.51. The predicted molar refractivity (Wildman–Crippen MR) is 81.5 cm³/mol. The molecule has 1 heterocycles. The van der Waals surface area contributed by atoms with Gasteiger partial charge in [-0.05, 0) is 37.0 Å². The number of hydrogen-bond acceptors (Lipinski definition) is 2. The van der Waals surface area contributed by atoms with Gasteiger partial charge in [-0.15, -0.1) is 0 Å². The molecular weight excluding hydrogens is 318 g/mol. The average Bonchev–Trinajstić information content (AvgIpc) is 3.17. The summed E-state index contributed by atoms with van der Waals surface area (Å²) in [6, 6.07) is 8.05. The van der Waals surface area contributed by atoms with Crippen LogP contribution < -0.4 is 0 Å². The van der Waals surface area contributed by atoms with Gasteiger partial charge in [0.25, 0.3) is 0 Å². The second-order valence-electron chi connectivity index (χ2n) is 6.22. The van der Waals surface area contributed by atoms with Crippen LogP contribution in [0.2, 0.25) is 0 Å². The summed E-state index contributed by atoms with van der Waals surface area (Å²) in [5.74, 6) is 0.195. The molecule has 1 aliphatic heterocycles. The third-order valence-corrected chi connectivity index (χ3v) is 5.06. The maximum atomic E-state index is 12.7. The minimum Gasteiger partial charge on any atom is -0.386 e. The number of hydrogen-bond donors (Lipinski definition) is 1. The first kappa shape index (κ1) is 14.1. The number of amides is 1. The van der Waals surface area contributed by atoms with Crippen LogP contribution in [-0.4, -0.2) is 34.6 Å². The molecule has 1 amide bonds. The van der Waals surface area contributed by atoms with Gasteiger partial charge in [-0.3, -0.25) is 4.79 Å². The predicted octanol–water partition coefficient (Wildman–Crippen LogP) is 2.85. The fourth-order valence-electron chi connectivity index (χ4n) is 3.25. The van der Waals surface area contributed by atoms with E-state index in [0.717, 1.165) is 35.7 Å². The Hall–Kier alpha value is -0.870. The lowest BCUT2D eigenvalue weighted by Gasteiger charge is -2.48. The van der Waals surface area contributed by atoms with Gasteiger partial charge in [0.15, 0.2) is 0 Å². The average molecular weight is 338 g/mol. The maximum absolute atomic E-state index is 12.7. The first-order valence-electron chi connectivity index (χ1n) is 7.27. The van der Waals surface area contributed by atoms with E-state index in [1.165, 1.54) is 0 Å². The van der Waals surface area contributed by atoms with Crippen LogP contribution in [0.25, 0.3) is 0 Å². The van der Waals surface area contributed by atoms with Crippen molar-refractivity contribution >= 4 is 21.8 Å². The summed E-state index contributed by atoms with van der Waals surface area (Å²) in [5.41, 5.74) is 0.158. The summed E-state index contributed by atoms with van der Waals surface area (Å²) in [4.78, 5) is 14.5. The van der Waals surface area contributed by atoms with Crippen molar-refractivity contribution in [2.24, 2.45) is 0 Å². The van der Waals surface area contributed by atoms with E-state index in [2.05, 4.69) is 22.9 Å². The molecule has 3 nitrogen and oxygen atoms in total. The largest absolute Gasteiger partial charge is 0.386 e. The molecule has 4 heteroatoms. The molecule has 1 aromatic carbocycles. The number of β-amino-alcohol motifs (C(OH)–C–C–N with tert-alkyl or cyclic N) is 1. The number of carbonyl (C=O) groups is 1. The van der Waals surface area contributed by atoms with Crippen LogP contribution >= 0.6 is 15.9 Å². The lowest BCUT2D eigenvalue weighted by molar-refractivity contribution is -0.159. The van der Waals surface area contributed by atoms with E-state index in [0.29, 0.717) is 13.1 Å². The summed E-state index contributed by atoms with van der Waals surface area (Å²) in [6.07, 6.45) is 3.59. The SMILES string of the molecule is CCCC1(O)CN(C(=O)C2(c3ccc(Br)cc3)CC2)C1. The van der Waals surface area contributed by atoms with Gasteiger partial charge in [0.1, 0.15) is 0 Å². The fraction of sp³-hybridized carbons (Fsp3) is 0.562. The molecular formula is C16H20BrNO2. The van der Waals surface area contributed by atoms with Crippen molar-refractivity contribution in [3.63, 3.8) is 0 Å². The van der Waals surface area contributed by atoms with E-state index in [9.17, 15) is 9.90 Å². The molecule has 0 unspecified atom stereocenters. The van der Waals surface area contributed by atoms with Gasteiger partial charge in [0.2, 0.25) is 5.91 Å². The maximum Gasteiger partial charge on any atom is 0.233 e. The van der Waals surface area contributed by atoms with Gasteiger partial charge in [-0.2, -0.15) is 0 Å². The number of halogens is 1. The topological polar surface area (TPSA) is 40.5 Å². The normalized spacial score (nSPS) is 22.2. The molecule has 3 rings (SSSR count). The summed E-state index contributed by atoms with van der Waals surface area (Å²) in [7, 11) is 0. The Morgan fingerprint density at radius 3 is 2.40 bits per heavy atom. The van der Waals surface area contributed by atoms with E-state index < -0.39 is 5.60 Å². The molecule has 1 N–H and O–H groups in total. The first-order valence-corrected chi connectivity index (χ1v) is 8.06. The smallest absolute Gasteiger partial charge is 0.233 e. The lowest BCUT2D eigenvalue weighted by Crippen LogP contribution is -2.65. The van der Waals surface area contributed by atoms with Crippen LogP contribution in [0, 0.1) is 0 Å². The third kappa shape index (κ3) is 2.29. The van der Waals surface area contributed by atoms with Gasteiger partial charge in [0.05, 0.1) is 24.1 Å². The molecule has 2 fully saturated rings. The highest BCUT2D eigenvalue weighted by molar-refractivity contribution is 9.10. The molecule has 0 radical (unpaired) electrons. The zero-order valence-electron chi connectivity index (χ0n) is 11.7. The number of rotatable bonds is 4. The Kier molecular flexibility index (Phi) is 3.41. The van der Waals surface area contributed by atoms with Crippen molar-refractivity contribution in [1.82, 2.24) is 4.90 Å². The van der Waals surface area contributed by atoms with E-state index in [4.69, 9.17) is 0 Å². The third-order valence-electron chi connectivity index (χ3n) is 4.53. The molecule has 0 atom stereocenters. The van der Waals surface area contributed by atoms with Crippen molar-refractivity contribution in [1.29, 1.82) is 0 Å². The molecule has 1 saturated carbocycles. The quantitative estimate of drug-likeness (QED) is 0.917. The van der Waals surface area contributed by atoms with Crippen LogP contribution in [0.5, 0.6) is 0 Å². The summed E-state index contributed by atoms with van der Waals surface area (Å²) in [5, 5.41) is 10.2. The summed E-state index contributed by atoms with van der Waals surface area (Å²) in [6.45, 7) is 3.06. The lowest BCUT2D eigenvalue weighted by atomic mass is 9.86. The van der Waals surface area contributed by atoms with Gasteiger partial charge in [0, 0.05) is 4.47 Å². The Bertz CT molecular complexity index is 516. The standard InChI is InChI=1S/C16H20BrNO2/c1-2-7-15(20)10-18(11-15)14(19)16(8-9-16)12-3-5-13(17)6-4-12/h3-6,20H,2,7-11H2,1H3. The minimum atomic E-state index is -0.639. The highest BCUT2D eigenvalue weighted by atomic mass is 79.9. The molecule has 1 aliphatic carbocycles. The van der Waals surface area contributed by atoms with Crippen molar-refractivity contribution in [2.45, 2.75) is 43.6 Å². The van der Waals surface area contributed by atoms with Crippen LogP contribution in [0.15, 0.2) is 28.7 Å². The Morgan fingerprint density at radius 1 is 1.30 bits per heavy atom. The molecule has 20 heavy (non-hydrogen) atoms. The fourth-order valence-corrected chi connectivity index (χ4v) is 3.52. The Labute approximate surface area is 128 Å². The van der Waals surface area contributed by atoms with Crippen molar-refractivity contribution < 1.29 is 9.90 Å². The van der Waals surface area contributed by atoms with E-state index >= 15 is 0 Å². The van der Waals surface area contributed by atoms with Gasteiger partial charge in [-0.25, -0.2) is 0 Å². The molecule has 0 aromatic heterocycles. The van der Waals surface area contributed by atoms with Gasteiger partial charge >= 0.3 is 0 Å². The number of likely N-dealkylation sites (tertiary alicyclic amines) is 1. The molecule has 1 aromatic rings. The van der Waals surface area contributed by atoms with Crippen molar-refractivity contribution in [3.05, 3.63) is 34.3 Å². The first-order chi connectivity index (χ1) is 9.49. The number of benzene rings is 1. The van der Waals surface area contributed by atoms with E-state index in [1.807, 2.05) is 29.2 Å². The van der Waals surface area contributed by atoms with Crippen LogP contribution in [0.3, 0.4) is 0 Å². The highest BCUT2D eigenvalue weighted by Gasteiger charge is 2.56. The van der Waals surface area contributed by atoms with Crippen LogP contribution in [-0.2, 0) is 10.2 Å². The van der Waals surface area contributed by atoms with Crippen molar-refractivity contribution in [2.75, 3.05) is 13.1 Å².